The fourth-order valence-electron chi connectivity index (χ4n) is 1.70. The number of hydrogen-bond acceptors (Lipinski definition) is 3. The van der Waals surface area contributed by atoms with Crippen LogP contribution in [0.15, 0.2) is 35.0 Å². The average Bonchev–Trinajstić information content (AvgIpc) is 3.00. The van der Waals surface area contributed by atoms with Crippen LogP contribution in [0.5, 0.6) is 0 Å². The quantitative estimate of drug-likeness (QED) is 0.853. The van der Waals surface area contributed by atoms with E-state index in [1.54, 1.807) is 11.3 Å². The maximum atomic E-state index is 13.3. The fourth-order valence-corrected chi connectivity index (χ4v) is 2.37. The van der Waals surface area contributed by atoms with Crippen molar-refractivity contribution in [1.29, 1.82) is 0 Å². The molecule has 1 aromatic carbocycles. The van der Waals surface area contributed by atoms with Crippen LogP contribution in [0.3, 0.4) is 0 Å². The molecule has 2 aromatic rings. The van der Waals surface area contributed by atoms with Gasteiger partial charge in [-0.3, -0.25) is 4.79 Å². The number of carbonyl (C=O) groups excluding carboxylic acids is 1. The number of halogens is 1. The van der Waals surface area contributed by atoms with E-state index in [2.05, 4.69) is 17.2 Å². The molecule has 0 saturated heterocycles. The van der Waals surface area contributed by atoms with Crippen molar-refractivity contribution in [3.05, 3.63) is 57.5 Å². The normalized spacial score (nSPS) is 9.81. The first-order valence-electron chi connectivity index (χ1n) is 6.39. The van der Waals surface area contributed by atoms with Crippen molar-refractivity contribution in [3.63, 3.8) is 0 Å². The summed E-state index contributed by atoms with van der Waals surface area (Å²) >= 11 is 1.55. The molecule has 5 heteroatoms. The third-order valence-corrected chi connectivity index (χ3v) is 3.45. The molecule has 1 aromatic heterocycles. The lowest BCUT2D eigenvalue weighted by Crippen LogP contribution is -2.23. The third-order valence-electron chi connectivity index (χ3n) is 2.72. The molecule has 2 N–H and O–H groups in total. The van der Waals surface area contributed by atoms with Gasteiger partial charge in [0.15, 0.2) is 0 Å². The maximum absolute atomic E-state index is 13.3. The minimum Gasteiger partial charge on any atom is -0.395 e. The first kappa shape index (κ1) is 15.2. The highest BCUT2D eigenvalue weighted by Gasteiger charge is 2.11. The number of aliphatic hydroxyl groups is 1. The Morgan fingerprint density at radius 2 is 2.24 bits per heavy atom. The summed E-state index contributed by atoms with van der Waals surface area (Å²) in [4.78, 5) is 12.2. The number of aliphatic hydroxyl groups excluding tert-OH is 1. The standard InChI is InChI=1S/C16H14FNO2S/c17-14-5-4-13(3-1-2-7-19)15(9-14)16(20)18-10-12-6-8-21-11-12/h4-6,8-9,11,19H,2,7,10H2,(H,18,20). The molecule has 0 saturated carbocycles. The predicted octanol–water partition coefficient (Wildman–Crippen LogP) is 2.55. The molecule has 0 atom stereocenters. The van der Waals surface area contributed by atoms with Crippen LogP contribution in [0.25, 0.3) is 0 Å². The summed E-state index contributed by atoms with van der Waals surface area (Å²) in [6, 6.07) is 5.82. The molecule has 0 spiro atoms. The minimum atomic E-state index is -0.483. The van der Waals surface area contributed by atoms with E-state index in [0.717, 1.165) is 5.56 Å². The van der Waals surface area contributed by atoms with Crippen molar-refractivity contribution in [2.75, 3.05) is 6.61 Å². The lowest BCUT2D eigenvalue weighted by Gasteiger charge is -2.06. The van der Waals surface area contributed by atoms with E-state index >= 15 is 0 Å². The molecule has 0 aliphatic carbocycles. The smallest absolute Gasteiger partial charge is 0.252 e. The van der Waals surface area contributed by atoms with Crippen LogP contribution in [0.2, 0.25) is 0 Å². The van der Waals surface area contributed by atoms with Gasteiger partial charge in [0.05, 0.1) is 12.2 Å². The molecule has 0 fully saturated rings. The Kier molecular flexibility index (Phi) is 5.50. The van der Waals surface area contributed by atoms with Gasteiger partial charge < -0.3 is 10.4 Å². The van der Waals surface area contributed by atoms with Crippen LogP contribution in [-0.2, 0) is 6.54 Å². The maximum Gasteiger partial charge on any atom is 0.252 e. The Morgan fingerprint density at radius 3 is 2.95 bits per heavy atom. The number of carbonyl (C=O) groups is 1. The second-order valence-corrected chi connectivity index (χ2v) is 5.06. The second kappa shape index (κ2) is 7.58. The lowest BCUT2D eigenvalue weighted by atomic mass is 10.1. The number of thiophene rings is 1. The Hall–Kier alpha value is -2.16. The molecular weight excluding hydrogens is 289 g/mol. The third kappa shape index (κ3) is 4.42. The van der Waals surface area contributed by atoms with Crippen molar-refractivity contribution in [2.45, 2.75) is 13.0 Å². The molecule has 1 heterocycles. The Labute approximate surface area is 126 Å². The highest BCUT2D eigenvalue weighted by molar-refractivity contribution is 7.07. The highest BCUT2D eigenvalue weighted by Crippen LogP contribution is 2.12. The summed E-state index contributed by atoms with van der Waals surface area (Å²) in [7, 11) is 0. The number of benzene rings is 1. The minimum absolute atomic E-state index is 0.0477. The number of rotatable bonds is 4. The molecule has 0 bridgehead atoms. The van der Waals surface area contributed by atoms with Crippen LogP contribution >= 0.6 is 11.3 Å². The van der Waals surface area contributed by atoms with Crippen molar-refractivity contribution >= 4 is 17.2 Å². The number of nitrogens with one attached hydrogen (secondary N) is 1. The summed E-state index contributed by atoms with van der Waals surface area (Å²) < 4.78 is 13.3. The van der Waals surface area contributed by atoms with E-state index < -0.39 is 5.82 Å². The van der Waals surface area contributed by atoms with Crippen LogP contribution in [0, 0.1) is 17.7 Å². The largest absolute Gasteiger partial charge is 0.395 e. The van der Waals surface area contributed by atoms with Gasteiger partial charge in [-0.05, 0) is 40.6 Å². The van der Waals surface area contributed by atoms with E-state index in [-0.39, 0.29) is 18.1 Å². The Bertz CT molecular complexity index is 671. The van der Waals surface area contributed by atoms with Gasteiger partial charge in [0.2, 0.25) is 0 Å². The van der Waals surface area contributed by atoms with E-state index in [1.807, 2.05) is 16.8 Å². The zero-order chi connectivity index (χ0) is 15.1. The number of amides is 1. The molecule has 0 aliphatic rings. The van der Waals surface area contributed by atoms with E-state index in [4.69, 9.17) is 5.11 Å². The van der Waals surface area contributed by atoms with Crippen LogP contribution in [0.4, 0.5) is 4.39 Å². The summed E-state index contributed by atoms with van der Waals surface area (Å²) in [5.74, 6) is 4.67. The molecule has 1 amide bonds. The summed E-state index contributed by atoms with van der Waals surface area (Å²) in [6.45, 7) is 0.343. The molecule has 3 nitrogen and oxygen atoms in total. The lowest BCUT2D eigenvalue weighted by molar-refractivity contribution is 0.0950. The first-order valence-corrected chi connectivity index (χ1v) is 7.33. The van der Waals surface area contributed by atoms with Crippen LogP contribution < -0.4 is 5.32 Å². The fraction of sp³-hybridized carbons (Fsp3) is 0.188. The molecule has 0 radical (unpaired) electrons. The van der Waals surface area contributed by atoms with E-state index in [1.165, 1.54) is 18.2 Å². The first-order chi connectivity index (χ1) is 10.2. The topological polar surface area (TPSA) is 49.3 Å². The summed E-state index contributed by atoms with van der Waals surface area (Å²) in [6.07, 6.45) is 0.313. The molecule has 21 heavy (non-hydrogen) atoms. The van der Waals surface area contributed by atoms with Crippen LogP contribution in [-0.4, -0.2) is 17.6 Å². The summed E-state index contributed by atoms with van der Waals surface area (Å²) in [5, 5.41) is 15.3. The van der Waals surface area contributed by atoms with Gasteiger partial charge in [-0.15, -0.1) is 0 Å². The molecule has 2 rings (SSSR count). The van der Waals surface area contributed by atoms with Gasteiger partial charge >= 0.3 is 0 Å². The predicted molar refractivity (Wildman–Crippen MR) is 80.5 cm³/mol. The monoisotopic (exact) mass is 303 g/mol. The van der Waals surface area contributed by atoms with E-state index in [9.17, 15) is 9.18 Å². The van der Waals surface area contributed by atoms with Gasteiger partial charge in [0, 0.05) is 18.5 Å². The zero-order valence-electron chi connectivity index (χ0n) is 11.2. The summed E-state index contributed by atoms with van der Waals surface area (Å²) in [5.41, 5.74) is 1.65. The highest BCUT2D eigenvalue weighted by atomic mass is 32.1. The molecule has 108 valence electrons. The SMILES string of the molecule is O=C(NCc1ccsc1)c1cc(F)ccc1C#CCCO. The van der Waals surface area contributed by atoms with Crippen molar-refractivity contribution in [1.82, 2.24) is 5.32 Å². The van der Waals surface area contributed by atoms with Crippen LogP contribution in [0.1, 0.15) is 27.9 Å². The number of hydrogen-bond donors (Lipinski definition) is 2. The van der Waals surface area contributed by atoms with Gasteiger partial charge in [-0.1, -0.05) is 11.8 Å². The van der Waals surface area contributed by atoms with Crippen molar-refractivity contribution < 1.29 is 14.3 Å². The molecule has 0 aliphatic heterocycles. The van der Waals surface area contributed by atoms with Gasteiger partial charge in [0.1, 0.15) is 5.82 Å². The second-order valence-electron chi connectivity index (χ2n) is 4.28. The average molecular weight is 303 g/mol. The van der Waals surface area contributed by atoms with Crippen molar-refractivity contribution in [2.24, 2.45) is 0 Å². The van der Waals surface area contributed by atoms with Gasteiger partial charge in [-0.2, -0.15) is 11.3 Å². The van der Waals surface area contributed by atoms with Gasteiger partial charge in [0.25, 0.3) is 5.91 Å². The van der Waals surface area contributed by atoms with Crippen molar-refractivity contribution in [3.8, 4) is 11.8 Å². The Balaban J connectivity index is 2.15. The molecule has 0 unspecified atom stereocenters. The van der Waals surface area contributed by atoms with E-state index in [0.29, 0.717) is 18.5 Å². The molecular formula is C16H14FNO2S. The zero-order valence-corrected chi connectivity index (χ0v) is 12.0. The van der Waals surface area contributed by atoms with Gasteiger partial charge in [-0.25, -0.2) is 4.39 Å². The Morgan fingerprint density at radius 1 is 1.38 bits per heavy atom.